The molecule has 4 nitrogen and oxygen atoms in total. The molecule has 47 heavy (non-hydrogen) atoms. The van der Waals surface area contributed by atoms with E-state index in [2.05, 4.69) is 102 Å². The smallest absolute Gasteiger partial charge is 0.164 e. The summed E-state index contributed by atoms with van der Waals surface area (Å²) in [6, 6.07) is 55.6. The number of benzene rings is 8. The molecule has 2 heterocycles. The lowest BCUT2D eigenvalue weighted by Crippen LogP contribution is -2.00. The minimum absolute atomic E-state index is 0.651. The van der Waals surface area contributed by atoms with Crippen LogP contribution in [0, 0.1) is 0 Å². The van der Waals surface area contributed by atoms with Gasteiger partial charge >= 0.3 is 0 Å². The Morgan fingerprint density at radius 1 is 0.362 bits per heavy atom. The Hall–Kier alpha value is -6.39. The number of rotatable bonds is 4. The average Bonchev–Trinajstić information content (AvgIpc) is 3.48. The molecule has 0 radical (unpaired) electrons. The van der Waals surface area contributed by atoms with Gasteiger partial charge in [0.2, 0.25) is 0 Å². The van der Waals surface area contributed by atoms with E-state index in [0.717, 1.165) is 33.3 Å². The molecule has 0 spiro atoms. The maximum Gasteiger partial charge on any atom is 0.164 e. The lowest BCUT2D eigenvalue weighted by atomic mass is 9.92. The average molecular weight is 599 g/mol. The first-order chi connectivity index (χ1) is 23.3. The van der Waals surface area contributed by atoms with Crippen LogP contribution in [0.1, 0.15) is 0 Å². The topological polar surface area (TPSA) is 43.6 Å². The van der Waals surface area contributed by atoms with E-state index in [-0.39, 0.29) is 0 Å². The van der Waals surface area contributed by atoms with E-state index in [4.69, 9.17) is 15.0 Å². The summed E-state index contributed by atoms with van der Waals surface area (Å²) in [5.41, 5.74) is 6.35. The van der Waals surface area contributed by atoms with Crippen molar-refractivity contribution in [2.75, 3.05) is 0 Å². The first-order valence-electron chi connectivity index (χ1n) is 15.9. The fourth-order valence-corrected chi connectivity index (χ4v) is 7.23. The maximum atomic E-state index is 5.04. The first kappa shape index (κ1) is 25.9. The monoisotopic (exact) mass is 598 g/mol. The fourth-order valence-electron chi connectivity index (χ4n) is 7.23. The molecule has 0 fully saturated rings. The molecule has 0 N–H and O–H groups in total. The summed E-state index contributed by atoms with van der Waals surface area (Å²) in [5.74, 6) is 1.96. The Kier molecular flexibility index (Phi) is 5.54. The molecule has 0 aliphatic carbocycles. The van der Waals surface area contributed by atoms with Gasteiger partial charge < -0.3 is 4.57 Å². The molecule has 0 saturated carbocycles. The third-order valence-electron chi connectivity index (χ3n) is 9.34. The van der Waals surface area contributed by atoms with E-state index in [1.807, 2.05) is 60.7 Å². The van der Waals surface area contributed by atoms with Crippen LogP contribution < -0.4 is 0 Å². The zero-order chi connectivity index (χ0) is 30.9. The zero-order valence-corrected chi connectivity index (χ0v) is 25.3. The van der Waals surface area contributed by atoms with Gasteiger partial charge in [0.15, 0.2) is 17.5 Å². The van der Waals surface area contributed by atoms with Gasteiger partial charge in [-0.1, -0.05) is 121 Å². The molecule has 218 valence electrons. The van der Waals surface area contributed by atoms with Gasteiger partial charge in [0, 0.05) is 38.5 Å². The summed E-state index contributed by atoms with van der Waals surface area (Å²) in [5, 5.41) is 10.0. The highest BCUT2D eigenvalue weighted by Gasteiger charge is 2.20. The van der Waals surface area contributed by atoms with E-state index in [1.54, 1.807) is 0 Å². The maximum absolute atomic E-state index is 5.04. The summed E-state index contributed by atoms with van der Waals surface area (Å²) >= 11 is 0. The molecule has 8 aromatic carbocycles. The highest BCUT2D eigenvalue weighted by atomic mass is 15.0. The summed E-state index contributed by atoms with van der Waals surface area (Å²) in [6.07, 6.45) is 0. The molecule has 10 rings (SSSR count). The van der Waals surface area contributed by atoms with Crippen LogP contribution in [0.5, 0.6) is 0 Å². The number of aromatic nitrogens is 4. The minimum Gasteiger partial charge on any atom is -0.309 e. The van der Waals surface area contributed by atoms with Gasteiger partial charge in [-0.3, -0.25) is 0 Å². The summed E-state index contributed by atoms with van der Waals surface area (Å²) in [6.45, 7) is 0. The van der Waals surface area contributed by atoms with Crippen molar-refractivity contribution < 1.29 is 0 Å². The minimum atomic E-state index is 0.651. The van der Waals surface area contributed by atoms with Crippen LogP contribution >= 0.6 is 0 Å². The molecule has 4 heteroatoms. The van der Waals surface area contributed by atoms with E-state index < -0.39 is 0 Å². The Morgan fingerprint density at radius 3 is 1.60 bits per heavy atom. The Labute approximate surface area is 270 Å². The molecule has 0 bridgehead atoms. The Bertz CT molecular complexity index is 2690. The predicted molar refractivity (Wildman–Crippen MR) is 194 cm³/mol. The van der Waals surface area contributed by atoms with Gasteiger partial charge in [-0.25, -0.2) is 15.0 Å². The van der Waals surface area contributed by atoms with Crippen molar-refractivity contribution in [1.82, 2.24) is 19.5 Å². The summed E-state index contributed by atoms with van der Waals surface area (Å²) in [7, 11) is 0. The lowest BCUT2D eigenvalue weighted by molar-refractivity contribution is 1.07. The molecule has 0 amide bonds. The zero-order valence-electron chi connectivity index (χ0n) is 25.3. The van der Waals surface area contributed by atoms with Crippen LogP contribution in [0.25, 0.3) is 94.0 Å². The van der Waals surface area contributed by atoms with Crippen molar-refractivity contribution in [2.45, 2.75) is 0 Å². The van der Waals surface area contributed by atoms with Gasteiger partial charge in [-0.05, 0) is 63.3 Å². The summed E-state index contributed by atoms with van der Waals surface area (Å²) in [4.78, 5) is 15.0. The second kappa shape index (κ2) is 10.1. The van der Waals surface area contributed by atoms with Crippen molar-refractivity contribution in [3.63, 3.8) is 0 Å². The van der Waals surface area contributed by atoms with Gasteiger partial charge in [0.25, 0.3) is 0 Å². The fraction of sp³-hybridized carbons (Fsp3) is 0. The number of hydrogen-bond donors (Lipinski definition) is 0. The van der Waals surface area contributed by atoms with Gasteiger partial charge in [-0.15, -0.1) is 0 Å². The molecule has 0 saturated heterocycles. The second-order valence-electron chi connectivity index (χ2n) is 12.1. The number of fused-ring (bicyclic) bond motifs is 4. The molecule has 0 unspecified atom stereocenters. The van der Waals surface area contributed by atoms with Crippen LogP contribution in [-0.4, -0.2) is 19.5 Å². The second-order valence-corrected chi connectivity index (χ2v) is 12.1. The number of hydrogen-bond acceptors (Lipinski definition) is 3. The molecule has 0 atom stereocenters. The van der Waals surface area contributed by atoms with Crippen molar-refractivity contribution in [3.8, 4) is 39.9 Å². The van der Waals surface area contributed by atoms with Crippen LogP contribution in [0.2, 0.25) is 0 Å². The van der Waals surface area contributed by atoms with Crippen molar-refractivity contribution in [2.24, 2.45) is 0 Å². The lowest BCUT2D eigenvalue weighted by Gasteiger charge is -2.14. The standard InChI is InChI=1S/C43H26N4/c1-4-11-29(12-5-1)41-44-42(30-13-6-2-7-14-30)46-43(45-41)32-22-24-37-35(26-32)36-25-31-20-19-27-15-10-16-28-21-23-34(39(31)38(27)28)40(36)47(37)33-17-8-3-9-18-33/h1-26H. The van der Waals surface area contributed by atoms with Crippen LogP contribution in [0.4, 0.5) is 0 Å². The third-order valence-corrected chi connectivity index (χ3v) is 9.34. The number of nitrogens with zero attached hydrogens (tertiary/aromatic N) is 4. The molecule has 2 aromatic heterocycles. The van der Waals surface area contributed by atoms with Crippen molar-refractivity contribution >= 4 is 54.1 Å². The van der Waals surface area contributed by atoms with E-state index in [0.29, 0.717) is 17.5 Å². The van der Waals surface area contributed by atoms with Gasteiger partial charge in [-0.2, -0.15) is 0 Å². The highest BCUT2D eigenvalue weighted by molar-refractivity contribution is 6.31. The molecule has 10 aromatic rings. The number of para-hydroxylation sites is 1. The highest BCUT2D eigenvalue weighted by Crippen LogP contribution is 2.43. The Morgan fingerprint density at radius 2 is 0.936 bits per heavy atom. The molecular formula is C43H26N4. The van der Waals surface area contributed by atoms with Gasteiger partial charge in [0.05, 0.1) is 11.0 Å². The quantitative estimate of drug-likeness (QED) is 0.189. The van der Waals surface area contributed by atoms with Crippen molar-refractivity contribution in [1.29, 1.82) is 0 Å². The molecular weight excluding hydrogens is 573 g/mol. The summed E-state index contributed by atoms with van der Waals surface area (Å²) < 4.78 is 2.42. The van der Waals surface area contributed by atoms with Crippen LogP contribution in [-0.2, 0) is 0 Å². The Balaban J connectivity index is 1.29. The molecule has 0 aliphatic rings. The van der Waals surface area contributed by atoms with Crippen LogP contribution in [0.15, 0.2) is 158 Å². The predicted octanol–water partition coefficient (Wildman–Crippen LogP) is 10.9. The van der Waals surface area contributed by atoms with E-state index in [9.17, 15) is 0 Å². The van der Waals surface area contributed by atoms with Crippen LogP contribution in [0.3, 0.4) is 0 Å². The largest absolute Gasteiger partial charge is 0.309 e. The van der Waals surface area contributed by atoms with E-state index >= 15 is 0 Å². The molecule has 0 aliphatic heterocycles. The van der Waals surface area contributed by atoms with E-state index in [1.165, 1.54) is 43.2 Å². The third kappa shape index (κ3) is 3.98. The SMILES string of the molecule is c1ccc(-c2nc(-c3ccccc3)nc(-c3ccc4c(c3)c3cc5ccc6cccc7ccc(c5c67)c3n4-c3ccccc3)n2)cc1. The first-order valence-corrected chi connectivity index (χ1v) is 15.9. The normalized spacial score (nSPS) is 11.8. The van der Waals surface area contributed by atoms with Gasteiger partial charge in [0.1, 0.15) is 0 Å². The van der Waals surface area contributed by atoms with Crippen molar-refractivity contribution in [3.05, 3.63) is 158 Å².